The van der Waals surface area contributed by atoms with Crippen LogP contribution in [0.4, 0.5) is 0 Å². The van der Waals surface area contributed by atoms with E-state index in [2.05, 4.69) is 5.32 Å². The quantitative estimate of drug-likeness (QED) is 0.785. The van der Waals surface area contributed by atoms with Crippen LogP contribution in [0.2, 0.25) is 0 Å². The minimum absolute atomic E-state index is 0.140. The van der Waals surface area contributed by atoms with Crippen LogP contribution in [-0.4, -0.2) is 29.6 Å². The molecule has 1 amide bonds. The molecule has 0 aliphatic rings. The van der Waals surface area contributed by atoms with Crippen LogP contribution in [0.1, 0.15) is 25.8 Å². The molecular formula is C14H19NO4. The summed E-state index contributed by atoms with van der Waals surface area (Å²) >= 11 is 0. The maximum absolute atomic E-state index is 11.6. The first kappa shape index (κ1) is 15.0. The van der Waals surface area contributed by atoms with Crippen molar-refractivity contribution in [1.82, 2.24) is 5.32 Å². The zero-order chi connectivity index (χ0) is 14.3. The molecule has 0 spiro atoms. The third kappa shape index (κ3) is 5.42. The topological polar surface area (TPSA) is 75.6 Å². The molecule has 2 N–H and O–H groups in total. The number of benzene rings is 1. The number of ether oxygens (including phenoxy) is 1. The van der Waals surface area contributed by atoms with Gasteiger partial charge in [-0.15, -0.1) is 0 Å². The van der Waals surface area contributed by atoms with Crippen molar-refractivity contribution in [1.29, 1.82) is 0 Å². The molecule has 5 heteroatoms. The summed E-state index contributed by atoms with van der Waals surface area (Å²) in [5.74, 6) is -0.644. The third-order valence-corrected chi connectivity index (χ3v) is 2.48. The van der Waals surface area contributed by atoms with E-state index < -0.39 is 12.0 Å². The van der Waals surface area contributed by atoms with Gasteiger partial charge < -0.3 is 15.2 Å². The molecule has 0 aromatic heterocycles. The van der Waals surface area contributed by atoms with E-state index in [-0.39, 0.29) is 12.3 Å². The standard InChI is InChI=1S/C14H19NO4/c1-3-7-19-12-6-4-5-11(8-12)9-13(16)15-10(2)14(17)18/h4-6,8,10H,3,7,9H2,1-2H3,(H,15,16)(H,17,18)/t10-/m1/s1. The molecule has 0 bridgehead atoms. The highest BCUT2D eigenvalue weighted by Crippen LogP contribution is 2.14. The summed E-state index contributed by atoms with van der Waals surface area (Å²) in [7, 11) is 0. The van der Waals surface area contributed by atoms with Crippen molar-refractivity contribution in [2.45, 2.75) is 32.7 Å². The average molecular weight is 265 g/mol. The third-order valence-electron chi connectivity index (χ3n) is 2.48. The zero-order valence-electron chi connectivity index (χ0n) is 11.2. The number of amides is 1. The SMILES string of the molecule is CCCOc1cccc(CC(=O)N[C@H](C)C(=O)O)c1. The summed E-state index contributed by atoms with van der Waals surface area (Å²) in [5, 5.41) is 11.1. The minimum atomic E-state index is -1.05. The summed E-state index contributed by atoms with van der Waals surface area (Å²) < 4.78 is 5.47. The van der Waals surface area contributed by atoms with Crippen LogP contribution in [0.15, 0.2) is 24.3 Å². The lowest BCUT2D eigenvalue weighted by Crippen LogP contribution is -2.39. The number of carbonyl (C=O) groups is 2. The second-order valence-corrected chi connectivity index (χ2v) is 4.30. The van der Waals surface area contributed by atoms with Gasteiger partial charge in [0.25, 0.3) is 0 Å². The van der Waals surface area contributed by atoms with Crippen LogP contribution < -0.4 is 10.1 Å². The Bertz CT molecular complexity index is 445. The van der Waals surface area contributed by atoms with E-state index in [9.17, 15) is 9.59 Å². The first-order chi connectivity index (χ1) is 9.02. The van der Waals surface area contributed by atoms with Crippen LogP contribution in [0.25, 0.3) is 0 Å². The van der Waals surface area contributed by atoms with Gasteiger partial charge in [0.15, 0.2) is 0 Å². The molecule has 0 saturated carbocycles. The first-order valence-corrected chi connectivity index (χ1v) is 6.26. The Balaban J connectivity index is 2.56. The van der Waals surface area contributed by atoms with Crippen LogP contribution in [-0.2, 0) is 16.0 Å². The normalized spacial score (nSPS) is 11.7. The van der Waals surface area contributed by atoms with Crippen molar-refractivity contribution in [3.05, 3.63) is 29.8 Å². The van der Waals surface area contributed by atoms with E-state index in [1.165, 1.54) is 6.92 Å². The van der Waals surface area contributed by atoms with E-state index in [0.29, 0.717) is 6.61 Å². The van der Waals surface area contributed by atoms with Gasteiger partial charge in [0.2, 0.25) is 5.91 Å². The number of hydrogen-bond donors (Lipinski definition) is 2. The molecule has 1 rings (SSSR count). The number of aliphatic carboxylic acids is 1. The van der Waals surface area contributed by atoms with Gasteiger partial charge in [-0.2, -0.15) is 0 Å². The van der Waals surface area contributed by atoms with E-state index in [1.807, 2.05) is 25.1 Å². The summed E-state index contributed by atoms with van der Waals surface area (Å²) in [4.78, 5) is 22.3. The van der Waals surface area contributed by atoms with Crippen molar-refractivity contribution >= 4 is 11.9 Å². The van der Waals surface area contributed by atoms with Gasteiger partial charge in [0, 0.05) is 0 Å². The van der Waals surface area contributed by atoms with Crippen LogP contribution >= 0.6 is 0 Å². The molecule has 104 valence electrons. The summed E-state index contributed by atoms with van der Waals surface area (Å²) in [6.45, 7) is 4.08. The lowest BCUT2D eigenvalue weighted by atomic mass is 10.1. The van der Waals surface area contributed by atoms with Crippen molar-refractivity contribution < 1.29 is 19.4 Å². The molecule has 0 saturated heterocycles. The highest BCUT2D eigenvalue weighted by atomic mass is 16.5. The Kier molecular flexibility index (Phi) is 5.85. The Morgan fingerprint density at radius 1 is 1.42 bits per heavy atom. The maximum atomic E-state index is 11.6. The molecule has 0 aliphatic carbocycles. The van der Waals surface area contributed by atoms with Gasteiger partial charge >= 0.3 is 5.97 Å². The van der Waals surface area contributed by atoms with Crippen molar-refractivity contribution in [2.75, 3.05) is 6.61 Å². The number of nitrogens with one attached hydrogen (secondary N) is 1. The molecule has 19 heavy (non-hydrogen) atoms. The fourth-order valence-corrected chi connectivity index (χ4v) is 1.50. The number of carboxylic acids is 1. The Hall–Kier alpha value is -2.04. The fourth-order valence-electron chi connectivity index (χ4n) is 1.50. The molecular weight excluding hydrogens is 246 g/mol. The predicted molar refractivity (Wildman–Crippen MR) is 71.2 cm³/mol. The fraction of sp³-hybridized carbons (Fsp3) is 0.429. The summed E-state index contributed by atoms with van der Waals surface area (Å²) in [6.07, 6.45) is 1.06. The highest BCUT2D eigenvalue weighted by Gasteiger charge is 2.14. The van der Waals surface area contributed by atoms with E-state index in [0.717, 1.165) is 17.7 Å². The lowest BCUT2D eigenvalue weighted by molar-refractivity contribution is -0.141. The van der Waals surface area contributed by atoms with E-state index in [1.54, 1.807) is 6.07 Å². The second kappa shape index (κ2) is 7.41. The van der Waals surface area contributed by atoms with Gasteiger partial charge in [-0.05, 0) is 31.0 Å². The van der Waals surface area contributed by atoms with Crippen LogP contribution in [0, 0.1) is 0 Å². The number of rotatable bonds is 7. The zero-order valence-corrected chi connectivity index (χ0v) is 11.2. The minimum Gasteiger partial charge on any atom is -0.494 e. The lowest BCUT2D eigenvalue weighted by Gasteiger charge is -2.10. The van der Waals surface area contributed by atoms with Gasteiger partial charge in [0.05, 0.1) is 13.0 Å². The molecule has 0 heterocycles. The molecule has 0 aliphatic heterocycles. The summed E-state index contributed by atoms with van der Waals surface area (Å²) in [5.41, 5.74) is 0.795. The summed E-state index contributed by atoms with van der Waals surface area (Å²) in [6, 6.07) is 6.36. The van der Waals surface area contributed by atoms with Gasteiger partial charge in [-0.3, -0.25) is 9.59 Å². The molecule has 0 fully saturated rings. The maximum Gasteiger partial charge on any atom is 0.325 e. The van der Waals surface area contributed by atoms with Crippen LogP contribution in [0.5, 0.6) is 5.75 Å². The van der Waals surface area contributed by atoms with Gasteiger partial charge in [-0.1, -0.05) is 19.1 Å². The first-order valence-electron chi connectivity index (χ1n) is 6.26. The van der Waals surface area contributed by atoms with E-state index >= 15 is 0 Å². The highest BCUT2D eigenvalue weighted by molar-refractivity contribution is 5.84. The van der Waals surface area contributed by atoms with Crippen molar-refractivity contribution in [2.24, 2.45) is 0 Å². The predicted octanol–water partition coefficient (Wildman–Crippen LogP) is 1.61. The number of carbonyl (C=O) groups excluding carboxylic acids is 1. The van der Waals surface area contributed by atoms with Crippen LogP contribution in [0.3, 0.4) is 0 Å². The molecule has 0 unspecified atom stereocenters. The number of carboxylic acid groups (broad SMARTS) is 1. The number of hydrogen-bond acceptors (Lipinski definition) is 3. The van der Waals surface area contributed by atoms with E-state index in [4.69, 9.17) is 9.84 Å². The largest absolute Gasteiger partial charge is 0.494 e. The van der Waals surface area contributed by atoms with Gasteiger partial charge in [-0.25, -0.2) is 0 Å². The molecule has 5 nitrogen and oxygen atoms in total. The molecule has 1 aromatic carbocycles. The Morgan fingerprint density at radius 2 is 2.16 bits per heavy atom. The van der Waals surface area contributed by atoms with Crippen molar-refractivity contribution in [3.8, 4) is 5.75 Å². The van der Waals surface area contributed by atoms with Gasteiger partial charge in [0.1, 0.15) is 11.8 Å². The monoisotopic (exact) mass is 265 g/mol. The smallest absolute Gasteiger partial charge is 0.325 e. The Morgan fingerprint density at radius 3 is 2.79 bits per heavy atom. The average Bonchev–Trinajstić information content (AvgIpc) is 2.36. The van der Waals surface area contributed by atoms with Crippen molar-refractivity contribution in [3.63, 3.8) is 0 Å². The molecule has 1 atom stereocenters. The molecule has 1 aromatic rings. The Labute approximate surface area is 112 Å². The second-order valence-electron chi connectivity index (χ2n) is 4.30. The molecule has 0 radical (unpaired) electrons.